The molecule has 2 aromatic rings. The molecule has 2 aromatic carbocycles. The molecule has 1 aliphatic rings. The summed E-state index contributed by atoms with van der Waals surface area (Å²) in [5, 5.41) is 1.17. The molecule has 1 heterocycles. The maximum absolute atomic E-state index is 13.5. The summed E-state index contributed by atoms with van der Waals surface area (Å²) in [7, 11) is -6.80. The van der Waals surface area contributed by atoms with Crippen LogP contribution in [-0.2, 0) is 19.9 Å². The molecule has 0 amide bonds. The Labute approximate surface area is 224 Å². The summed E-state index contributed by atoms with van der Waals surface area (Å²) in [5.41, 5.74) is 0.349. The van der Waals surface area contributed by atoms with Crippen molar-refractivity contribution in [3.8, 4) is 0 Å². The summed E-state index contributed by atoms with van der Waals surface area (Å²) in [6, 6.07) is 10.8. The Balaban J connectivity index is 1.59. The first-order valence-electron chi connectivity index (χ1n) is 11.6. The maximum atomic E-state index is 13.5. The Hall–Kier alpha value is -1.03. The molecule has 194 valence electrons. The van der Waals surface area contributed by atoms with Crippen LogP contribution in [0.3, 0.4) is 0 Å². The minimum absolute atomic E-state index is 0.134. The number of likely N-dealkylation sites (tertiary alicyclic amines) is 1. The first-order chi connectivity index (χ1) is 16.5. The van der Waals surface area contributed by atoms with Gasteiger partial charge >= 0.3 is 0 Å². The number of piperidine rings is 1. The Morgan fingerprint density at radius 3 is 2.14 bits per heavy atom. The number of nitrogens with zero attached hydrogens (tertiary/aromatic N) is 2. The van der Waals surface area contributed by atoms with Gasteiger partial charge in [0.15, 0.2) is 0 Å². The molecule has 0 unspecified atom stereocenters. The van der Waals surface area contributed by atoms with Gasteiger partial charge < -0.3 is 4.90 Å². The fourth-order valence-electron chi connectivity index (χ4n) is 4.35. The van der Waals surface area contributed by atoms with E-state index in [1.807, 2.05) is 0 Å². The lowest BCUT2D eigenvalue weighted by atomic mass is 9.99. The number of sulfonamides is 1. The second kappa shape index (κ2) is 12.5. The van der Waals surface area contributed by atoms with E-state index in [0.29, 0.717) is 27.2 Å². The zero-order chi connectivity index (χ0) is 25.6. The van der Waals surface area contributed by atoms with Gasteiger partial charge in [-0.15, -0.1) is 0 Å². The molecule has 0 aliphatic carbocycles. The number of hydrogen-bond acceptors (Lipinski definition) is 5. The highest BCUT2D eigenvalue weighted by Crippen LogP contribution is 2.33. The number of rotatable bonds is 11. The highest BCUT2D eigenvalue weighted by atomic mass is 35.5. The normalized spacial score (nSPS) is 15.9. The van der Waals surface area contributed by atoms with E-state index < -0.39 is 19.9 Å². The molecular formula is C24H31Cl3N2O4S2. The third-order valence-corrected chi connectivity index (χ3v) is 9.87. The topological polar surface area (TPSA) is 74.8 Å². The Kier molecular flexibility index (Phi) is 10.2. The van der Waals surface area contributed by atoms with Crippen molar-refractivity contribution in [3.63, 3.8) is 0 Å². The third kappa shape index (κ3) is 8.51. The molecule has 0 spiro atoms. The molecule has 1 fully saturated rings. The van der Waals surface area contributed by atoms with Gasteiger partial charge in [-0.2, -0.15) is 0 Å². The van der Waals surface area contributed by atoms with Gasteiger partial charge in [-0.25, -0.2) is 16.8 Å². The number of benzene rings is 2. The molecule has 1 aliphatic heterocycles. The van der Waals surface area contributed by atoms with E-state index in [0.717, 1.165) is 45.3 Å². The molecule has 6 nitrogen and oxygen atoms in total. The Morgan fingerprint density at radius 2 is 1.51 bits per heavy atom. The lowest BCUT2D eigenvalue weighted by Crippen LogP contribution is -2.36. The smallest absolute Gasteiger partial charge is 0.264 e. The van der Waals surface area contributed by atoms with Crippen molar-refractivity contribution < 1.29 is 16.8 Å². The van der Waals surface area contributed by atoms with Gasteiger partial charge in [-0.3, -0.25) is 4.31 Å². The van der Waals surface area contributed by atoms with Crippen molar-refractivity contribution >= 4 is 60.4 Å². The zero-order valence-electron chi connectivity index (χ0n) is 19.7. The number of unbranched alkanes of at least 4 members (excludes halogenated alkanes) is 2. The van der Waals surface area contributed by atoms with E-state index in [2.05, 4.69) is 4.90 Å². The van der Waals surface area contributed by atoms with Gasteiger partial charge in [0.2, 0.25) is 0 Å². The van der Waals surface area contributed by atoms with Gasteiger partial charge in [0.05, 0.1) is 21.4 Å². The first kappa shape index (κ1) is 28.5. The fourth-order valence-corrected chi connectivity index (χ4v) is 7.62. The standard InChI is InChI=1S/C24H31Cl3N2O4S2/c1-34(30,31)18-19-11-15-28(16-12-19)13-3-2-4-14-29(24-17-21(26)7-10-23(24)27)35(32,33)22-8-5-20(25)6-9-22/h5-10,17,19H,2-4,11-16,18H2,1H3. The summed E-state index contributed by atoms with van der Waals surface area (Å²) in [6.45, 7) is 2.97. The van der Waals surface area contributed by atoms with Crippen LogP contribution in [0.25, 0.3) is 0 Å². The Bertz CT molecular complexity index is 1200. The summed E-state index contributed by atoms with van der Waals surface area (Å²) in [5.74, 6) is 0.514. The van der Waals surface area contributed by atoms with E-state index in [1.165, 1.54) is 22.7 Å². The van der Waals surface area contributed by atoms with Crippen LogP contribution in [0.2, 0.25) is 15.1 Å². The van der Waals surface area contributed by atoms with Crippen LogP contribution in [-0.4, -0.2) is 59.9 Å². The number of anilines is 1. The lowest BCUT2D eigenvalue weighted by molar-refractivity contribution is 0.190. The lowest BCUT2D eigenvalue weighted by Gasteiger charge is -2.31. The van der Waals surface area contributed by atoms with Gasteiger partial charge in [-0.05, 0) is 93.7 Å². The molecule has 0 atom stereocenters. The number of sulfone groups is 1. The molecule has 0 radical (unpaired) electrons. The fraction of sp³-hybridized carbons (Fsp3) is 0.500. The zero-order valence-corrected chi connectivity index (χ0v) is 23.6. The molecular weight excluding hydrogens is 551 g/mol. The third-order valence-electron chi connectivity index (χ3n) is 6.16. The second-order valence-electron chi connectivity index (χ2n) is 9.06. The number of halogens is 3. The van der Waals surface area contributed by atoms with Crippen molar-refractivity contribution in [3.05, 3.63) is 57.5 Å². The summed E-state index contributed by atoms with van der Waals surface area (Å²) in [6.07, 6.45) is 5.51. The summed E-state index contributed by atoms with van der Waals surface area (Å²) >= 11 is 18.5. The van der Waals surface area contributed by atoms with E-state index in [9.17, 15) is 16.8 Å². The molecule has 0 saturated carbocycles. The van der Waals surface area contributed by atoms with E-state index in [1.54, 1.807) is 30.3 Å². The van der Waals surface area contributed by atoms with Crippen molar-refractivity contribution in [1.82, 2.24) is 4.90 Å². The van der Waals surface area contributed by atoms with E-state index >= 15 is 0 Å². The molecule has 11 heteroatoms. The van der Waals surface area contributed by atoms with Gasteiger partial charge in [0.1, 0.15) is 9.84 Å². The van der Waals surface area contributed by atoms with Crippen molar-refractivity contribution in [2.45, 2.75) is 37.0 Å². The predicted molar refractivity (Wildman–Crippen MR) is 145 cm³/mol. The summed E-state index contributed by atoms with van der Waals surface area (Å²) < 4.78 is 51.3. The molecule has 3 rings (SSSR count). The van der Waals surface area contributed by atoms with Gasteiger partial charge in [-0.1, -0.05) is 41.2 Å². The quantitative estimate of drug-likeness (QED) is 0.315. The molecule has 1 saturated heterocycles. The average molecular weight is 582 g/mol. The first-order valence-corrected chi connectivity index (χ1v) is 16.2. The molecule has 0 bridgehead atoms. The highest BCUT2D eigenvalue weighted by molar-refractivity contribution is 7.92. The summed E-state index contributed by atoms with van der Waals surface area (Å²) in [4.78, 5) is 2.49. The van der Waals surface area contributed by atoms with E-state index in [4.69, 9.17) is 34.8 Å². The molecule has 0 aromatic heterocycles. The van der Waals surface area contributed by atoms with Crippen LogP contribution in [0.4, 0.5) is 5.69 Å². The maximum Gasteiger partial charge on any atom is 0.264 e. The van der Waals surface area contributed by atoms with Crippen LogP contribution in [0.5, 0.6) is 0 Å². The van der Waals surface area contributed by atoms with Crippen LogP contribution < -0.4 is 4.31 Å². The van der Waals surface area contributed by atoms with Gasteiger partial charge in [0, 0.05) is 22.8 Å². The highest BCUT2D eigenvalue weighted by Gasteiger charge is 2.27. The van der Waals surface area contributed by atoms with Gasteiger partial charge in [0.25, 0.3) is 10.0 Å². The van der Waals surface area contributed by atoms with Crippen LogP contribution in [0.1, 0.15) is 32.1 Å². The minimum Gasteiger partial charge on any atom is -0.303 e. The van der Waals surface area contributed by atoms with Crippen molar-refractivity contribution in [2.75, 3.05) is 42.5 Å². The average Bonchev–Trinajstić information content (AvgIpc) is 2.78. The minimum atomic E-state index is -3.87. The van der Waals surface area contributed by atoms with Crippen LogP contribution >= 0.6 is 34.8 Å². The van der Waals surface area contributed by atoms with E-state index in [-0.39, 0.29) is 23.1 Å². The second-order valence-corrected chi connectivity index (χ2v) is 14.4. The SMILES string of the molecule is CS(=O)(=O)CC1CCN(CCCCCN(c2cc(Cl)ccc2Cl)S(=O)(=O)c2ccc(Cl)cc2)CC1. The monoisotopic (exact) mass is 580 g/mol. The molecule has 35 heavy (non-hydrogen) atoms. The number of hydrogen-bond donors (Lipinski definition) is 0. The van der Waals surface area contributed by atoms with Crippen LogP contribution in [0.15, 0.2) is 47.4 Å². The Morgan fingerprint density at radius 1 is 0.886 bits per heavy atom. The predicted octanol–water partition coefficient (Wildman–Crippen LogP) is 5.77. The van der Waals surface area contributed by atoms with Crippen LogP contribution in [0, 0.1) is 5.92 Å². The van der Waals surface area contributed by atoms with Crippen molar-refractivity contribution in [2.24, 2.45) is 5.92 Å². The largest absolute Gasteiger partial charge is 0.303 e. The molecule has 0 N–H and O–H groups in total. The van der Waals surface area contributed by atoms with Crippen molar-refractivity contribution in [1.29, 1.82) is 0 Å².